The van der Waals surface area contributed by atoms with Crippen LogP contribution >= 0.6 is 11.6 Å². The Balaban J connectivity index is 1.85. The molecule has 110 valence electrons. The zero-order chi connectivity index (χ0) is 15.5. The van der Waals surface area contributed by atoms with E-state index < -0.39 is 11.7 Å². The number of nitrogens with one attached hydrogen (secondary N) is 1. The monoisotopic (exact) mass is 317 g/mol. The maximum absolute atomic E-state index is 13.7. The third-order valence-corrected chi connectivity index (χ3v) is 3.14. The summed E-state index contributed by atoms with van der Waals surface area (Å²) in [5.74, 6) is -0.914. The molecule has 0 aliphatic heterocycles. The number of halogens is 2. The van der Waals surface area contributed by atoms with Gasteiger partial charge < -0.3 is 9.73 Å². The lowest BCUT2D eigenvalue weighted by Gasteiger charge is -2.07. The average Bonchev–Trinajstić information content (AvgIpc) is 3.04. The van der Waals surface area contributed by atoms with Crippen molar-refractivity contribution in [2.24, 2.45) is 0 Å². The quantitative estimate of drug-likeness (QED) is 0.798. The minimum atomic E-state index is -0.644. The Kier molecular flexibility index (Phi) is 3.84. The van der Waals surface area contributed by atoms with Crippen LogP contribution in [0.5, 0.6) is 0 Å². The fraction of sp³-hybridized carbons (Fsp3) is 0. The van der Waals surface area contributed by atoms with Gasteiger partial charge in [0.1, 0.15) is 5.82 Å². The summed E-state index contributed by atoms with van der Waals surface area (Å²) in [6.45, 7) is 0. The lowest BCUT2D eigenvalue weighted by molar-refractivity contribution is 0.102. The molecule has 1 N–H and O–H groups in total. The van der Waals surface area contributed by atoms with E-state index in [1.165, 1.54) is 18.5 Å². The van der Waals surface area contributed by atoms with Crippen molar-refractivity contribution in [1.29, 1.82) is 0 Å². The second-order valence-electron chi connectivity index (χ2n) is 4.40. The lowest BCUT2D eigenvalue weighted by atomic mass is 10.1. The van der Waals surface area contributed by atoms with E-state index in [1.807, 2.05) is 0 Å². The Morgan fingerprint density at radius 3 is 2.86 bits per heavy atom. The summed E-state index contributed by atoms with van der Waals surface area (Å²) in [4.78, 5) is 12.1. The van der Waals surface area contributed by atoms with E-state index in [2.05, 4.69) is 15.5 Å². The maximum atomic E-state index is 13.7. The van der Waals surface area contributed by atoms with Gasteiger partial charge in [0.05, 0.1) is 5.56 Å². The molecule has 0 bridgehead atoms. The Hall–Kier alpha value is -2.73. The second-order valence-corrected chi connectivity index (χ2v) is 4.84. The van der Waals surface area contributed by atoms with Gasteiger partial charge in [0.25, 0.3) is 5.91 Å². The first kappa shape index (κ1) is 14.2. The summed E-state index contributed by atoms with van der Waals surface area (Å²) in [6.07, 6.45) is 1.21. The summed E-state index contributed by atoms with van der Waals surface area (Å²) in [7, 11) is 0. The van der Waals surface area contributed by atoms with Crippen molar-refractivity contribution >= 4 is 23.2 Å². The highest BCUT2D eigenvalue weighted by Gasteiger charge is 2.13. The third kappa shape index (κ3) is 2.96. The molecule has 0 unspecified atom stereocenters. The van der Waals surface area contributed by atoms with Crippen molar-refractivity contribution in [2.75, 3.05) is 5.32 Å². The molecule has 0 radical (unpaired) electrons. The largest absolute Gasteiger partial charge is 0.423 e. The smallest absolute Gasteiger partial charge is 0.258 e. The molecule has 3 aromatic rings. The molecule has 0 saturated heterocycles. The van der Waals surface area contributed by atoms with Crippen LogP contribution in [0.25, 0.3) is 11.5 Å². The number of aromatic nitrogens is 2. The number of rotatable bonds is 3. The molecule has 0 spiro atoms. The Morgan fingerprint density at radius 2 is 2.09 bits per heavy atom. The van der Waals surface area contributed by atoms with Crippen LogP contribution in [-0.2, 0) is 0 Å². The molecule has 0 saturated carbocycles. The van der Waals surface area contributed by atoms with Crippen molar-refractivity contribution in [2.45, 2.75) is 0 Å². The van der Waals surface area contributed by atoms with E-state index in [4.69, 9.17) is 16.0 Å². The maximum Gasteiger partial charge on any atom is 0.258 e. The van der Waals surface area contributed by atoms with E-state index in [1.54, 1.807) is 24.3 Å². The van der Waals surface area contributed by atoms with Crippen LogP contribution in [-0.4, -0.2) is 16.1 Å². The number of hydrogen-bond acceptors (Lipinski definition) is 4. The number of nitrogens with zero attached hydrogens (tertiary/aromatic N) is 2. The van der Waals surface area contributed by atoms with E-state index >= 15 is 0 Å². The highest BCUT2D eigenvalue weighted by Crippen LogP contribution is 2.22. The van der Waals surface area contributed by atoms with Crippen molar-refractivity contribution in [3.8, 4) is 11.5 Å². The van der Waals surface area contributed by atoms with Crippen molar-refractivity contribution < 1.29 is 13.6 Å². The lowest BCUT2D eigenvalue weighted by Crippen LogP contribution is -2.13. The van der Waals surface area contributed by atoms with Gasteiger partial charge in [-0.1, -0.05) is 17.7 Å². The van der Waals surface area contributed by atoms with Crippen LogP contribution in [0.3, 0.4) is 0 Å². The number of carbonyl (C=O) groups excluding carboxylic acids is 1. The zero-order valence-electron chi connectivity index (χ0n) is 11.1. The molecule has 0 aliphatic rings. The van der Waals surface area contributed by atoms with E-state index in [-0.39, 0.29) is 10.6 Å². The van der Waals surface area contributed by atoms with Gasteiger partial charge in [-0.05, 0) is 36.4 Å². The number of hydrogen-bond donors (Lipinski definition) is 1. The minimum Gasteiger partial charge on any atom is -0.423 e. The molecule has 3 rings (SSSR count). The molecular weight excluding hydrogens is 309 g/mol. The van der Waals surface area contributed by atoms with Crippen LogP contribution < -0.4 is 5.32 Å². The number of anilines is 1. The minimum absolute atomic E-state index is 0.129. The first-order valence-electron chi connectivity index (χ1n) is 6.26. The van der Waals surface area contributed by atoms with Gasteiger partial charge in [0.15, 0.2) is 0 Å². The number of carbonyl (C=O) groups is 1. The molecule has 0 fully saturated rings. The second kappa shape index (κ2) is 5.95. The number of benzene rings is 2. The Morgan fingerprint density at radius 1 is 1.23 bits per heavy atom. The standard InChI is InChI=1S/C15H9ClFN3O2/c16-10-4-5-13(17)12(7-10)14(21)19-11-3-1-2-9(6-11)15-20-18-8-22-15/h1-8H,(H,19,21). The topological polar surface area (TPSA) is 68.0 Å². The van der Waals surface area contributed by atoms with Crippen molar-refractivity contribution in [3.05, 3.63) is 65.3 Å². The predicted molar refractivity (Wildman–Crippen MR) is 79.1 cm³/mol. The van der Waals surface area contributed by atoms with Gasteiger partial charge in [-0.25, -0.2) is 4.39 Å². The summed E-state index contributed by atoms with van der Waals surface area (Å²) >= 11 is 5.78. The van der Waals surface area contributed by atoms with E-state index in [0.29, 0.717) is 17.1 Å². The van der Waals surface area contributed by atoms with Crippen LogP contribution in [0.1, 0.15) is 10.4 Å². The molecule has 0 aliphatic carbocycles. The van der Waals surface area contributed by atoms with E-state index in [0.717, 1.165) is 6.07 Å². The molecule has 22 heavy (non-hydrogen) atoms. The van der Waals surface area contributed by atoms with Crippen LogP contribution in [0.4, 0.5) is 10.1 Å². The molecule has 1 aromatic heterocycles. The molecule has 2 aromatic carbocycles. The Labute approximate surface area is 129 Å². The summed E-state index contributed by atoms with van der Waals surface area (Å²) in [6, 6.07) is 10.6. The normalized spacial score (nSPS) is 10.5. The molecule has 1 amide bonds. The van der Waals surface area contributed by atoms with Crippen LogP contribution in [0.15, 0.2) is 53.3 Å². The molecular formula is C15H9ClFN3O2. The first-order chi connectivity index (χ1) is 10.6. The summed E-state index contributed by atoms with van der Waals surface area (Å²) in [5, 5.41) is 10.3. The molecule has 0 atom stereocenters. The van der Waals surface area contributed by atoms with Crippen molar-refractivity contribution in [1.82, 2.24) is 10.2 Å². The fourth-order valence-corrected chi connectivity index (χ4v) is 2.07. The van der Waals surface area contributed by atoms with Gasteiger partial charge in [-0.15, -0.1) is 10.2 Å². The first-order valence-corrected chi connectivity index (χ1v) is 6.64. The van der Waals surface area contributed by atoms with Crippen LogP contribution in [0.2, 0.25) is 5.02 Å². The van der Waals surface area contributed by atoms with E-state index in [9.17, 15) is 9.18 Å². The van der Waals surface area contributed by atoms with Gasteiger partial charge in [0.2, 0.25) is 12.3 Å². The molecule has 5 nitrogen and oxygen atoms in total. The summed E-state index contributed by atoms with van der Waals surface area (Å²) in [5.41, 5.74) is 0.984. The molecule has 7 heteroatoms. The van der Waals surface area contributed by atoms with Crippen LogP contribution in [0, 0.1) is 5.82 Å². The average molecular weight is 318 g/mol. The van der Waals surface area contributed by atoms with Gasteiger partial charge in [-0.3, -0.25) is 4.79 Å². The van der Waals surface area contributed by atoms with Gasteiger partial charge in [-0.2, -0.15) is 0 Å². The third-order valence-electron chi connectivity index (χ3n) is 2.90. The fourth-order valence-electron chi connectivity index (χ4n) is 1.90. The Bertz CT molecular complexity index is 821. The number of amides is 1. The van der Waals surface area contributed by atoms with Gasteiger partial charge in [0, 0.05) is 16.3 Å². The van der Waals surface area contributed by atoms with Gasteiger partial charge >= 0.3 is 0 Å². The van der Waals surface area contributed by atoms with Crippen molar-refractivity contribution in [3.63, 3.8) is 0 Å². The zero-order valence-corrected chi connectivity index (χ0v) is 11.8. The predicted octanol–water partition coefficient (Wildman–Crippen LogP) is 3.78. The SMILES string of the molecule is O=C(Nc1cccc(-c2nnco2)c1)c1cc(Cl)ccc1F. The highest BCUT2D eigenvalue weighted by molar-refractivity contribution is 6.31. The summed E-state index contributed by atoms with van der Waals surface area (Å²) < 4.78 is 18.8. The molecule has 1 heterocycles. The highest BCUT2D eigenvalue weighted by atomic mass is 35.5.